The van der Waals surface area contributed by atoms with Crippen LogP contribution in [0.3, 0.4) is 0 Å². The Balaban J connectivity index is 2.20. The van der Waals surface area contributed by atoms with Crippen LogP contribution in [0.2, 0.25) is 0 Å². The van der Waals surface area contributed by atoms with Crippen LogP contribution in [-0.2, 0) is 4.74 Å². The molecule has 0 bridgehead atoms. The van der Waals surface area contributed by atoms with Gasteiger partial charge in [-0.15, -0.1) is 0 Å². The number of furan rings is 1. The molecular formula is C11H13BrF3NO3. The SMILES string of the molecule is Cc1cc(Br)oc1C(=O)NCCCOCC(F)(F)F. The number of hydrogen-bond donors (Lipinski definition) is 1. The molecule has 0 unspecified atom stereocenters. The van der Waals surface area contributed by atoms with Crippen LogP contribution in [0.5, 0.6) is 0 Å². The minimum absolute atomic E-state index is 0.0688. The van der Waals surface area contributed by atoms with E-state index < -0.39 is 18.7 Å². The topological polar surface area (TPSA) is 51.5 Å². The summed E-state index contributed by atoms with van der Waals surface area (Å²) in [6, 6.07) is 1.65. The summed E-state index contributed by atoms with van der Waals surface area (Å²) in [6.45, 7) is 0.593. The van der Waals surface area contributed by atoms with Gasteiger partial charge in [-0.3, -0.25) is 4.79 Å². The molecule has 0 saturated carbocycles. The van der Waals surface area contributed by atoms with Crippen LogP contribution >= 0.6 is 15.9 Å². The Labute approximate surface area is 116 Å². The number of hydrogen-bond acceptors (Lipinski definition) is 3. The Bertz CT molecular complexity index is 431. The van der Waals surface area contributed by atoms with Crippen LogP contribution < -0.4 is 5.32 Å². The third-order valence-electron chi connectivity index (χ3n) is 2.11. The van der Waals surface area contributed by atoms with Gasteiger partial charge in [-0.2, -0.15) is 13.2 Å². The summed E-state index contributed by atoms with van der Waals surface area (Å²) in [5.41, 5.74) is 0.678. The Morgan fingerprint density at radius 3 is 2.74 bits per heavy atom. The molecule has 0 aromatic carbocycles. The van der Waals surface area contributed by atoms with Crippen molar-refractivity contribution in [3.63, 3.8) is 0 Å². The summed E-state index contributed by atoms with van der Waals surface area (Å²) in [4.78, 5) is 11.6. The number of nitrogens with one attached hydrogen (secondary N) is 1. The van der Waals surface area contributed by atoms with E-state index in [0.29, 0.717) is 16.7 Å². The lowest BCUT2D eigenvalue weighted by atomic mass is 10.2. The first-order valence-corrected chi connectivity index (χ1v) is 6.27. The zero-order chi connectivity index (χ0) is 14.5. The zero-order valence-corrected chi connectivity index (χ0v) is 11.7. The lowest BCUT2D eigenvalue weighted by Gasteiger charge is -2.07. The van der Waals surface area contributed by atoms with Crippen molar-refractivity contribution in [3.05, 3.63) is 22.1 Å². The summed E-state index contributed by atoms with van der Waals surface area (Å²) in [7, 11) is 0. The summed E-state index contributed by atoms with van der Waals surface area (Å²) < 4.78 is 45.2. The first kappa shape index (κ1) is 16.0. The van der Waals surface area contributed by atoms with Crippen LogP contribution in [0.1, 0.15) is 22.5 Å². The third kappa shape index (κ3) is 6.11. The molecule has 1 amide bonds. The van der Waals surface area contributed by atoms with Gasteiger partial charge in [0, 0.05) is 18.7 Å². The fourth-order valence-corrected chi connectivity index (χ4v) is 1.82. The maximum atomic E-state index is 11.7. The summed E-state index contributed by atoms with van der Waals surface area (Å²) in [5.74, 6) is -0.220. The van der Waals surface area contributed by atoms with Crippen LogP contribution in [0.4, 0.5) is 13.2 Å². The molecule has 1 heterocycles. The standard InChI is InChI=1S/C11H13BrF3NO3/c1-7-5-8(12)19-9(7)10(17)16-3-2-4-18-6-11(13,14)15/h5H,2-4,6H2,1H3,(H,16,17). The van der Waals surface area contributed by atoms with E-state index >= 15 is 0 Å². The maximum Gasteiger partial charge on any atom is 0.411 e. The van der Waals surface area contributed by atoms with Crippen molar-refractivity contribution < 1.29 is 27.1 Å². The van der Waals surface area contributed by atoms with Gasteiger partial charge in [0.15, 0.2) is 10.4 Å². The molecule has 0 fully saturated rings. The lowest BCUT2D eigenvalue weighted by Crippen LogP contribution is -2.26. The predicted molar refractivity (Wildman–Crippen MR) is 65.0 cm³/mol. The van der Waals surface area contributed by atoms with Gasteiger partial charge in [-0.25, -0.2) is 0 Å². The van der Waals surface area contributed by atoms with Gasteiger partial charge < -0.3 is 14.5 Å². The molecule has 1 aromatic heterocycles. The summed E-state index contributed by atoms with van der Waals surface area (Å²) >= 11 is 3.10. The minimum atomic E-state index is -4.32. The molecule has 4 nitrogen and oxygen atoms in total. The van der Waals surface area contributed by atoms with E-state index in [4.69, 9.17) is 4.42 Å². The smallest absolute Gasteiger partial charge is 0.411 e. The fraction of sp³-hybridized carbons (Fsp3) is 0.545. The maximum absolute atomic E-state index is 11.7. The Morgan fingerprint density at radius 1 is 1.53 bits per heavy atom. The van der Waals surface area contributed by atoms with E-state index in [1.807, 2.05) is 0 Å². The zero-order valence-electron chi connectivity index (χ0n) is 10.1. The molecule has 0 atom stereocenters. The highest BCUT2D eigenvalue weighted by Crippen LogP contribution is 2.19. The number of carbonyl (C=O) groups is 1. The lowest BCUT2D eigenvalue weighted by molar-refractivity contribution is -0.173. The number of carbonyl (C=O) groups excluding carboxylic acids is 1. The highest BCUT2D eigenvalue weighted by molar-refractivity contribution is 9.10. The van der Waals surface area contributed by atoms with Crippen molar-refractivity contribution in [1.29, 1.82) is 0 Å². The van der Waals surface area contributed by atoms with E-state index in [1.54, 1.807) is 13.0 Å². The number of rotatable bonds is 6. The normalized spacial score (nSPS) is 11.6. The van der Waals surface area contributed by atoms with Crippen LogP contribution in [0.25, 0.3) is 0 Å². The molecule has 19 heavy (non-hydrogen) atoms. The average molecular weight is 344 g/mol. The minimum Gasteiger partial charge on any atom is -0.444 e. The highest BCUT2D eigenvalue weighted by atomic mass is 79.9. The third-order valence-corrected chi connectivity index (χ3v) is 2.50. The summed E-state index contributed by atoms with van der Waals surface area (Å²) in [6.07, 6.45) is -4.02. The van der Waals surface area contributed by atoms with Crippen molar-refractivity contribution in [3.8, 4) is 0 Å². The second kappa shape index (κ2) is 6.95. The Morgan fingerprint density at radius 2 is 2.21 bits per heavy atom. The van der Waals surface area contributed by atoms with E-state index in [-0.39, 0.29) is 18.9 Å². The molecule has 0 radical (unpaired) electrons. The molecule has 1 N–H and O–H groups in total. The molecule has 0 aliphatic rings. The van der Waals surface area contributed by atoms with E-state index in [0.717, 1.165) is 0 Å². The van der Waals surface area contributed by atoms with E-state index in [1.165, 1.54) is 0 Å². The predicted octanol–water partition coefficient (Wildman–Crippen LogP) is 3.05. The van der Waals surface area contributed by atoms with Crippen molar-refractivity contribution in [2.75, 3.05) is 19.8 Å². The molecule has 0 aliphatic heterocycles. The molecule has 108 valence electrons. The van der Waals surface area contributed by atoms with Gasteiger partial charge in [0.2, 0.25) is 0 Å². The van der Waals surface area contributed by atoms with Gasteiger partial charge >= 0.3 is 6.18 Å². The molecule has 1 rings (SSSR count). The molecule has 1 aromatic rings. The van der Waals surface area contributed by atoms with Gasteiger partial charge in [0.25, 0.3) is 5.91 Å². The van der Waals surface area contributed by atoms with Crippen molar-refractivity contribution in [2.45, 2.75) is 19.5 Å². The number of aryl methyl sites for hydroxylation is 1. The largest absolute Gasteiger partial charge is 0.444 e. The van der Waals surface area contributed by atoms with Crippen molar-refractivity contribution >= 4 is 21.8 Å². The first-order valence-electron chi connectivity index (χ1n) is 5.48. The van der Waals surface area contributed by atoms with Crippen molar-refractivity contribution in [1.82, 2.24) is 5.32 Å². The molecule has 0 spiro atoms. The van der Waals surface area contributed by atoms with Gasteiger partial charge in [-0.05, 0) is 35.3 Å². The molecule has 0 aliphatic carbocycles. The van der Waals surface area contributed by atoms with E-state index in [9.17, 15) is 18.0 Å². The fourth-order valence-electron chi connectivity index (χ4n) is 1.31. The van der Waals surface area contributed by atoms with Crippen LogP contribution in [0, 0.1) is 6.92 Å². The quantitative estimate of drug-likeness (QED) is 0.807. The second-order valence-electron chi connectivity index (χ2n) is 3.84. The molecule has 8 heteroatoms. The number of ether oxygens (including phenoxy) is 1. The van der Waals surface area contributed by atoms with Crippen LogP contribution in [-0.4, -0.2) is 31.8 Å². The van der Waals surface area contributed by atoms with Gasteiger partial charge in [0.1, 0.15) is 6.61 Å². The number of amides is 1. The average Bonchev–Trinajstić information content (AvgIpc) is 2.61. The van der Waals surface area contributed by atoms with Gasteiger partial charge in [-0.1, -0.05) is 0 Å². The number of alkyl halides is 3. The Hall–Kier alpha value is -1.02. The summed E-state index contributed by atoms with van der Waals surface area (Å²) in [5, 5.41) is 2.54. The van der Waals surface area contributed by atoms with Gasteiger partial charge in [0.05, 0.1) is 0 Å². The number of halogens is 4. The first-order chi connectivity index (χ1) is 8.79. The second-order valence-corrected chi connectivity index (χ2v) is 4.62. The molecule has 0 saturated heterocycles. The highest BCUT2D eigenvalue weighted by Gasteiger charge is 2.27. The van der Waals surface area contributed by atoms with Crippen LogP contribution in [0.15, 0.2) is 15.2 Å². The molecular weight excluding hydrogens is 331 g/mol. The van der Waals surface area contributed by atoms with E-state index in [2.05, 4.69) is 26.0 Å². The monoisotopic (exact) mass is 343 g/mol. The van der Waals surface area contributed by atoms with Crippen molar-refractivity contribution in [2.24, 2.45) is 0 Å². The Kier molecular flexibility index (Phi) is 5.86.